The number of benzene rings is 2. The zero-order valence-electron chi connectivity index (χ0n) is 16.5. The first-order valence-corrected chi connectivity index (χ1v) is 9.45. The first-order valence-electron chi connectivity index (χ1n) is 9.45. The Morgan fingerprint density at radius 3 is 2.62 bits per heavy atom. The number of aryl methyl sites for hydroxylation is 1. The second-order valence-electron chi connectivity index (χ2n) is 7.41. The van der Waals surface area contributed by atoms with Gasteiger partial charge in [-0.05, 0) is 30.7 Å². The molecule has 1 aliphatic heterocycles. The molecule has 1 atom stereocenters. The molecule has 0 radical (unpaired) electrons. The van der Waals surface area contributed by atoms with E-state index in [2.05, 4.69) is 5.32 Å². The molecule has 0 unspecified atom stereocenters. The van der Waals surface area contributed by atoms with Gasteiger partial charge in [0.15, 0.2) is 0 Å². The van der Waals surface area contributed by atoms with Gasteiger partial charge in [0, 0.05) is 32.2 Å². The molecule has 1 fully saturated rings. The zero-order valence-corrected chi connectivity index (χ0v) is 16.5. The highest BCUT2D eigenvalue weighted by atomic mass is 19.1. The Kier molecular flexibility index (Phi) is 6.26. The first-order chi connectivity index (χ1) is 13.8. The smallest absolute Gasteiger partial charge is 0.243 e. The third kappa shape index (κ3) is 5.40. The molecule has 152 valence electrons. The molecule has 0 aliphatic carbocycles. The van der Waals surface area contributed by atoms with Crippen molar-refractivity contribution in [3.8, 4) is 0 Å². The standard InChI is InChI=1S/C22H24FN3O3/c1-15-6-8-16(9-7-15)12-26-13-17(10-21(26)28)22(29)25(2)14-20(27)24-19-5-3-4-18(23)11-19/h3-9,11,17H,10,12-14H2,1-2H3,(H,24,27)/t17-/m1/s1. The van der Waals surface area contributed by atoms with E-state index in [1.54, 1.807) is 11.0 Å². The maximum Gasteiger partial charge on any atom is 0.243 e. The average molecular weight is 397 g/mol. The molecule has 3 rings (SSSR count). The van der Waals surface area contributed by atoms with Crippen LogP contribution in [0.1, 0.15) is 17.5 Å². The molecule has 0 bridgehead atoms. The van der Waals surface area contributed by atoms with Crippen LogP contribution in [-0.4, -0.2) is 47.7 Å². The summed E-state index contributed by atoms with van der Waals surface area (Å²) < 4.78 is 13.2. The third-order valence-electron chi connectivity index (χ3n) is 4.92. The van der Waals surface area contributed by atoms with Gasteiger partial charge in [-0.1, -0.05) is 35.9 Å². The Labute approximate surface area is 169 Å². The molecule has 1 saturated heterocycles. The summed E-state index contributed by atoms with van der Waals surface area (Å²) in [6.07, 6.45) is 0.139. The van der Waals surface area contributed by atoms with Crippen molar-refractivity contribution in [3.05, 3.63) is 65.5 Å². The van der Waals surface area contributed by atoms with Gasteiger partial charge in [-0.2, -0.15) is 0 Å². The number of carbonyl (C=O) groups is 3. The van der Waals surface area contributed by atoms with Crippen molar-refractivity contribution >= 4 is 23.4 Å². The molecule has 3 amide bonds. The Balaban J connectivity index is 1.53. The van der Waals surface area contributed by atoms with Gasteiger partial charge in [0.05, 0.1) is 12.5 Å². The fourth-order valence-corrected chi connectivity index (χ4v) is 3.38. The summed E-state index contributed by atoms with van der Waals surface area (Å²) in [6, 6.07) is 13.5. The van der Waals surface area contributed by atoms with Crippen LogP contribution in [0.3, 0.4) is 0 Å². The SMILES string of the molecule is Cc1ccc(CN2C[C@H](C(=O)N(C)CC(=O)Nc3cccc(F)c3)CC2=O)cc1. The average Bonchev–Trinajstić information content (AvgIpc) is 3.03. The highest BCUT2D eigenvalue weighted by Gasteiger charge is 2.36. The van der Waals surface area contributed by atoms with Gasteiger partial charge in [-0.3, -0.25) is 14.4 Å². The van der Waals surface area contributed by atoms with Gasteiger partial charge >= 0.3 is 0 Å². The summed E-state index contributed by atoms with van der Waals surface area (Å²) in [5, 5.41) is 2.56. The van der Waals surface area contributed by atoms with Crippen LogP contribution in [0.2, 0.25) is 0 Å². The molecule has 0 saturated carbocycles. The number of hydrogen-bond acceptors (Lipinski definition) is 3. The van der Waals surface area contributed by atoms with Crippen LogP contribution in [0.15, 0.2) is 48.5 Å². The Hall–Kier alpha value is -3.22. The fraction of sp³-hybridized carbons (Fsp3) is 0.318. The summed E-state index contributed by atoms with van der Waals surface area (Å²) in [5.41, 5.74) is 2.49. The molecular weight excluding hydrogens is 373 g/mol. The maximum absolute atomic E-state index is 13.2. The Morgan fingerprint density at radius 2 is 1.93 bits per heavy atom. The van der Waals surface area contributed by atoms with Crippen molar-refractivity contribution in [1.29, 1.82) is 0 Å². The second kappa shape index (κ2) is 8.86. The van der Waals surface area contributed by atoms with Crippen molar-refractivity contribution in [2.45, 2.75) is 19.9 Å². The molecule has 2 aromatic rings. The lowest BCUT2D eigenvalue weighted by atomic mass is 10.1. The maximum atomic E-state index is 13.2. The fourth-order valence-electron chi connectivity index (χ4n) is 3.38. The first kappa shape index (κ1) is 20.5. The Bertz CT molecular complexity index is 914. The molecule has 1 heterocycles. The van der Waals surface area contributed by atoms with E-state index in [0.717, 1.165) is 11.1 Å². The summed E-state index contributed by atoms with van der Waals surface area (Å²) in [4.78, 5) is 40.1. The van der Waals surface area contributed by atoms with E-state index in [9.17, 15) is 18.8 Å². The molecule has 6 nitrogen and oxygen atoms in total. The minimum Gasteiger partial charge on any atom is -0.338 e. The second-order valence-corrected chi connectivity index (χ2v) is 7.41. The molecule has 1 aliphatic rings. The quantitative estimate of drug-likeness (QED) is 0.815. The Morgan fingerprint density at radius 1 is 1.21 bits per heavy atom. The van der Waals surface area contributed by atoms with Crippen LogP contribution in [0.25, 0.3) is 0 Å². The van der Waals surface area contributed by atoms with Crippen molar-refractivity contribution in [2.75, 3.05) is 25.5 Å². The topological polar surface area (TPSA) is 69.7 Å². The van der Waals surface area contributed by atoms with E-state index in [1.165, 1.54) is 30.1 Å². The van der Waals surface area contributed by atoms with E-state index < -0.39 is 17.6 Å². The molecule has 1 N–H and O–H groups in total. The molecular formula is C22H24FN3O3. The molecule has 2 aromatic carbocycles. The number of nitrogens with zero attached hydrogens (tertiary/aromatic N) is 2. The van der Waals surface area contributed by atoms with Crippen LogP contribution in [-0.2, 0) is 20.9 Å². The van der Waals surface area contributed by atoms with Crippen molar-refractivity contribution < 1.29 is 18.8 Å². The number of carbonyl (C=O) groups excluding carboxylic acids is 3. The summed E-state index contributed by atoms with van der Waals surface area (Å²) in [6.45, 7) is 2.63. The van der Waals surface area contributed by atoms with E-state index in [0.29, 0.717) is 18.8 Å². The van der Waals surface area contributed by atoms with Gasteiger partial charge in [0.2, 0.25) is 17.7 Å². The van der Waals surface area contributed by atoms with Gasteiger partial charge < -0.3 is 15.1 Å². The monoisotopic (exact) mass is 397 g/mol. The highest BCUT2D eigenvalue weighted by Crippen LogP contribution is 2.22. The highest BCUT2D eigenvalue weighted by molar-refractivity contribution is 5.96. The lowest BCUT2D eigenvalue weighted by Crippen LogP contribution is -2.39. The number of likely N-dealkylation sites (N-methyl/N-ethyl adjacent to an activating group) is 1. The summed E-state index contributed by atoms with van der Waals surface area (Å²) in [7, 11) is 1.53. The van der Waals surface area contributed by atoms with Gasteiger partial charge in [0.25, 0.3) is 0 Å². The van der Waals surface area contributed by atoms with Crippen molar-refractivity contribution in [3.63, 3.8) is 0 Å². The zero-order chi connectivity index (χ0) is 21.0. The number of anilines is 1. The van der Waals surface area contributed by atoms with Crippen LogP contribution >= 0.6 is 0 Å². The number of hydrogen-bond donors (Lipinski definition) is 1. The number of nitrogens with one attached hydrogen (secondary N) is 1. The largest absolute Gasteiger partial charge is 0.338 e. The van der Waals surface area contributed by atoms with E-state index in [4.69, 9.17) is 0 Å². The van der Waals surface area contributed by atoms with Crippen molar-refractivity contribution in [2.24, 2.45) is 5.92 Å². The minimum absolute atomic E-state index is 0.0680. The van der Waals surface area contributed by atoms with E-state index in [-0.39, 0.29) is 24.8 Å². The lowest BCUT2D eigenvalue weighted by Gasteiger charge is -2.21. The van der Waals surface area contributed by atoms with Gasteiger partial charge in [0.1, 0.15) is 5.82 Å². The molecule has 0 aromatic heterocycles. The van der Waals surface area contributed by atoms with Crippen molar-refractivity contribution in [1.82, 2.24) is 9.80 Å². The molecule has 0 spiro atoms. The normalized spacial score (nSPS) is 16.0. The van der Waals surface area contributed by atoms with E-state index >= 15 is 0 Å². The number of rotatable bonds is 6. The number of halogens is 1. The third-order valence-corrected chi connectivity index (χ3v) is 4.92. The van der Waals surface area contributed by atoms with Gasteiger partial charge in [-0.15, -0.1) is 0 Å². The summed E-state index contributed by atoms with van der Waals surface area (Å²) in [5.74, 6) is -1.67. The predicted octanol–water partition coefficient (Wildman–Crippen LogP) is 2.58. The van der Waals surface area contributed by atoms with Crippen LogP contribution in [0.5, 0.6) is 0 Å². The number of likely N-dealkylation sites (tertiary alicyclic amines) is 1. The number of amides is 3. The lowest BCUT2D eigenvalue weighted by molar-refractivity contribution is -0.137. The minimum atomic E-state index is -0.472. The summed E-state index contributed by atoms with van der Waals surface area (Å²) >= 11 is 0. The van der Waals surface area contributed by atoms with E-state index in [1.807, 2.05) is 31.2 Å². The molecule has 29 heavy (non-hydrogen) atoms. The van der Waals surface area contributed by atoms with Crippen LogP contribution in [0.4, 0.5) is 10.1 Å². The van der Waals surface area contributed by atoms with Gasteiger partial charge in [-0.25, -0.2) is 4.39 Å². The molecule has 7 heteroatoms. The van der Waals surface area contributed by atoms with Crippen LogP contribution in [0, 0.1) is 18.7 Å². The predicted molar refractivity (Wildman–Crippen MR) is 107 cm³/mol. The van der Waals surface area contributed by atoms with Crippen LogP contribution < -0.4 is 5.32 Å².